The van der Waals surface area contributed by atoms with Gasteiger partial charge in [0.1, 0.15) is 5.82 Å². The van der Waals surface area contributed by atoms with Crippen molar-refractivity contribution in [3.8, 4) is 0 Å². The van der Waals surface area contributed by atoms with Crippen LogP contribution in [0.15, 0.2) is 12.3 Å². The number of fused-ring (bicyclic) bond motifs is 1. The topological polar surface area (TPSA) is 69.1 Å². The van der Waals surface area contributed by atoms with E-state index in [1.807, 2.05) is 0 Å². The first-order valence-corrected chi connectivity index (χ1v) is 4.15. The lowest BCUT2D eigenvalue weighted by Gasteiger charge is -2.04. The third-order valence-electron chi connectivity index (χ3n) is 1.81. The fraction of sp³-hybridized carbons (Fsp3) is 0.375. The van der Waals surface area contributed by atoms with E-state index >= 15 is 0 Å². The van der Waals surface area contributed by atoms with E-state index in [2.05, 4.69) is 28.9 Å². The van der Waals surface area contributed by atoms with E-state index in [0.29, 0.717) is 5.92 Å². The molecule has 0 atom stereocenters. The average molecular weight is 177 g/mol. The summed E-state index contributed by atoms with van der Waals surface area (Å²) in [5, 5.41) is 4.06. The molecule has 2 aromatic heterocycles. The summed E-state index contributed by atoms with van der Waals surface area (Å²) in [5.41, 5.74) is 6.24. The molecule has 0 aromatic carbocycles. The molecule has 2 aromatic rings. The molecule has 0 aliphatic heterocycles. The maximum Gasteiger partial charge on any atom is 0.240 e. The molecule has 0 aliphatic rings. The second-order valence-electron chi connectivity index (χ2n) is 3.20. The Balaban J connectivity index is 2.75. The zero-order valence-corrected chi connectivity index (χ0v) is 7.60. The van der Waals surface area contributed by atoms with Gasteiger partial charge in [0.15, 0.2) is 5.65 Å². The van der Waals surface area contributed by atoms with Gasteiger partial charge in [-0.1, -0.05) is 13.8 Å². The van der Waals surface area contributed by atoms with Crippen molar-refractivity contribution in [1.82, 2.24) is 19.6 Å². The Labute approximate surface area is 75.6 Å². The van der Waals surface area contributed by atoms with Gasteiger partial charge < -0.3 is 5.73 Å². The molecule has 0 radical (unpaired) electrons. The standard InChI is InChI=1S/C8H11N5/c1-5(2)7-10-4-3-6-11-8(9)12-13(6)7/h3-5H,1-2H3,(H2,9,12). The van der Waals surface area contributed by atoms with Crippen molar-refractivity contribution in [2.75, 3.05) is 5.73 Å². The highest BCUT2D eigenvalue weighted by molar-refractivity contribution is 5.41. The molecular weight excluding hydrogens is 166 g/mol. The van der Waals surface area contributed by atoms with Crippen molar-refractivity contribution in [1.29, 1.82) is 0 Å². The monoisotopic (exact) mass is 177 g/mol. The molecule has 0 unspecified atom stereocenters. The number of nitrogens with zero attached hydrogens (tertiary/aromatic N) is 4. The summed E-state index contributed by atoms with van der Waals surface area (Å²) < 4.78 is 1.68. The Hall–Kier alpha value is -1.65. The van der Waals surface area contributed by atoms with Crippen LogP contribution in [0.5, 0.6) is 0 Å². The smallest absolute Gasteiger partial charge is 0.240 e. The van der Waals surface area contributed by atoms with E-state index < -0.39 is 0 Å². The molecule has 2 rings (SSSR count). The Kier molecular flexibility index (Phi) is 1.65. The molecule has 0 aliphatic carbocycles. The van der Waals surface area contributed by atoms with Crippen molar-refractivity contribution in [3.05, 3.63) is 18.1 Å². The highest BCUT2D eigenvalue weighted by atomic mass is 15.3. The summed E-state index contributed by atoms with van der Waals surface area (Å²) in [6, 6.07) is 1.79. The zero-order valence-electron chi connectivity index (χ0n) is 7.60. The van der Waals surface area contributed by atoms with Crippen LogP contribution in [0.2, 0.25) is 0 Å². The fourth-order valence-electron chi connectivity index (χ4n) is 1.25. The van der Waals surface area contributed by atoms with Gasteiger partial charge in [-0.05, 0) is 0 Å². The number of nitrogens with two attached hydrogens (primary N) is 1. The number of anilines is 1. The van der Waals surface area contributed by atoms with Crippen LogP contribution in [-0.4, -0.2) is 19.6 Å². The summed E-state index contributed by atoms with van der Waals surface area (Å²) in [5.74, 6) is 1.47. The van der Waals surface area contributed by atoms with Crippen LogP contribution in [0.25, 0.3) is 5.65 Å². The van der Waals surface area contributed by atoms with Crippen LogP contribution in [0.3, 0.4) is 0 Å². The number of hydrogen-bond acceptors (Lipinski definition) is 4. The fourth-order valence-corrected chi connectivity index (χ4v) is 1.25. The summed E-state index contributed by atoms with van der Waals surface area (Å²) in [7, 11) is 0. The number of hydrogen-bond donors (Lipinski definition) is 1. The quantitative estimate of drug-likeness (QED) is 0.700. The summed E-state index contributed by atoms with van der Waals surface area (Å²) in [6.07, 6.45) is 1.72. The summed E-state index contributed by atoms with van der Waals surface area (Å²) in [6.45, 7) is 4.11. The van der Waals surface area contributed by atoms with Crippen molar-refractivity contribution >= 4 is 11.6 Å². The first-order chi connectivity index (χ1) is 6.18. The second-order valence-corrected chi connectivity index (χ2v) is 3.20. The lowest BCUT2D eigenvalue weighted by Crippen LogP contribution is -2.03. The SMILES string of the molecule is CC(C)c1nccc2nc(N)nn12. The molecule has 0 bridgehead atoms. The Morgan fingerprint density at radius 2 is 2.23 bits per heavy atom. The third kappa shape index (κ3) is 1.22. The van der Waals surface area contributed by atoms with Gasteiger partial charge in [0.05, 0.1) is 0 Å². The predicted octanol–water partition coefficient (Wildman–Crippen LogP) is 0.830. The Morgan fingerprint density at radius 1 is 1.46 bits per heavy atom. The average Bonchev–Trinajstić information content (AvgIpc) is 2.43. The first-order valence-electron chi connectivity index (χ1n) is 4.15. The maximum atomic E-state index is 5.49. The van der Waals surface area contributed by atoms with Gasteiger partial charge in [0.25, 0.3) is 0 Å². The van der Waals surface area contributed by atoms with E-state index in [9.17, 15) is 0 Å². The van der Waals surface area contributed by atoms with Gasteiger partial charge in [-0.3, -0.25) is 0 Å². The molecule has 0 fully saturated rings. The molecule has 0 saturated carbocycles. The van der Waals surface area contributed by atoms with Gasteiger partial charge in [-0.25, -0.2) is 4.98 Å². The van der Waals surface area contributed by atoms with Crippen molar-refractivity contribution < 1.29 is 0 Å². The van der Waals surface area contributed by atoms with E-state index in [4.69, 9.17) is 5.73 Å². The highest BCUT2D eigenvalue weighted by Crippen LogP contribution is 2.12. The molecule has 0 spiro atoms. The molecule has 0 saturated heterocycles. The normalized spacial score (nSPS) is 11.3. The van der Waals surface area contributed by atoms with Gasteiger partial charge in [-0.2, -0.15) is 9.50 Å². The first kappa shape index (κ1) is 7.97. The second kappa shape index (κ2) is 2.69. The number of aromatic nitrogens is 4. The molecule has 68 valence electrons. The van der Waals surface area contributed by atoms with Gasteiger partial charge in [0.2, 0.25) is 5.95 Å². The molecule has 2 heterocycles. The summed E-state index contributed by atoms with van der Waals surface area (Å²) in [4.78, 5) is 8.27. The minimum absolute atomic E-state index is 0.287. The van der Waals surface area contributed by atoms with E-state index in [0.717, 1.165) is 11.5 Å². The zero-order chi connectivity index (χ0) is 9.42. The van der Waals surface area contributed by atoms with E-state index in [1.165, 1.54) is 0 Å². The van der Waals surface area contributed by atoms with Crippen LogP contribution < -0.4 is 5.73 Å². The maximum absolute atomic E-state index is 5.49. The third-order valence-corrected chi connectivity index (χ3v) is 1.81. The number of rotatable bonds is 1. The van der Waals surface area contributed by atoms with Crippen molar-refractivity contribution in [2.45, 2.75) is 19.8 Å². The van der Waals surface area contributed by atoms with Crippen LogP contribution in [0.4, 0.5) is 5.95 Å². The molecule has 5 heteroatoms. The molecule has 5 nitrogen and oxygen atoms in total. The molecule has 2 N–H and O–H groups in total. The lowest BCUT2D eigenvalue weighted by atomic mass is 10.2. The van der Waals surface area contributed by atoms with Gasteiger partial charge in [-0.15, -0.1) is 5.10 Å². The lowest BCUT2D eigenvalue weighted by molar-refractivity contribution is 0.714. The Bertz CT molecular complexity index is 431. The molecular formula is C8H11N5. The number of nitrogen functional groups attached to an aromatic ring is 1. The van der Waals surface area contributed by atoms with E-state index in [1.54, 1.807) is 16.8 Å². The minimum atomic E-state index is 0.287. The van der Waals surface area contributed by atoms with E-state index in [-0.39, 0.29) is 5.95 Å². The van der Waals surface area contributed by atoms with Crippen molar-refractivity contribution in [3.63, 3.8) is 0 Å². The predicted molar refractivity (Wildman–Crippen MR) is 49.3 cm³/mol. The van der Waals surface area contributed by atoms with Crippen LogP contribution in [0, 0.1) is 0 Å². The van der Waals surface area contributed by atoms with Gasteiger partial charge >= 0.3 is 0 Å². The van der Waals surface area contributed by atoms with Crippen LogP contribution in [0.1, 0.15) is 25.6 Å². The van der Waals surface area contributed by atoms with Crippen LogP contribution in [-0.2, 0) is 0 Å². The summed E-state index contributed by atoms with van der Waals surface area (Å²) >= 11 is 0. The minimum Gasteiger partial charge on any atom is -0.366 e. The molecule has 13 heavy (non-hydrogen) atoms. The Morgan fingerprint density at radius 3 is 2.92 bits per heavy atom. The molecule has 0 amide bonds. The largest absolute Gasteiger partial charge is 0.366 e. The van der Waals surface area contributed by atoms with Crippen molar-refractivity contribution in [2.24, 2.45) is 0 Å². The van der Waals surface area contributed by atoms with Crippen LogP contribution >= 0.6 is 0 Å². The highest BCUT2D eigenvalue weighted by Gasteiger charge is 2.08. The van der Waals surface area contributed by atoms with Gasteiger partial charge in [0, 0.05) is 18.2 Å².